The highest BCUT2D eigenvalue weighted by Gasteiger charge is 2.39. The SMILES string of the molecule is CC(C)Oc1cc2c(-c3cc(N4CCn5nc(C(F)(F)F)nc5C4C)ncn3)n[nH]c2cc1F. The van der Waals surface area contributed by atoms with Crippen LogP contribution >= 0.6 is 0 Å². The Balaban J connectivity index is 1.50. The zero-order valence-corrected chi connectivity index (χ0v) is 18.4. The number of alkyl halides is 3. The van der Waals surface area contributed by atoms with E-state index >= 15 is 0 Å². The van der Waals surface area contributed by atoms with Gasteiger partial charge in [-0.15, -0.1) is 5.10 Å². The zero-order valence-electron chi connectivity index (χ0n) is 18.4. The summed E-state index contributed by atoms with van der Waals surface area (Å²) in [6.45, 7) is 5.94. The van der Waals surface area contributed by atoms with Gasteiger partial charge in [0.25, 0.3) is 5.82 Å². The van der Waals surface area contributed by atoms with Crippen LogP contribution in [0.3, 0.4) is 0 Å². The van der Waals surface area contributed by atoms with Crippen LogP contribution in [0, 0.1) is 5.82 Å². The Labute approximate surface area is 190 Å². The molecule has 34 heavy (non-hydrogen) atoms. The third kappa shape index (κ3) is 3.80. The fraction of sp³-hybridized carbons (Fsp3) is 0.381. The van der Waals surface area contributed by atoms with Crippen LogP contribution in [0.5, 0.6) is 5.75 Å². The summed E-state index contributed by atoms with van der Waals surface area (Å²) in [7, 11) is 0. The Morgan fingerprint density at radius 3 is 2.68 bits per heavy atom. The molecule has 178 valence electrons. The van der Waals surface area contributed by atoms with Crippen LogP contribution in [0.25, 0.3) is 22.3 Å². The number of anilines is 1. The van der Waals surface area contributed by atoms with Crippen molar-refractivity contribution in [2.45, 2.75) is 45.6 Å². The van der Waals surface area contributed by atoms with Gasteiger partial charge in [-0.25, -0.2) is 24.0 Å². The lowest BCUT2D eigenvalue weighted by molar-refractivity contribution is -0.145. The Bertz CT molecular complexity index is 1360. The lowest BCUT2D eigenvalue weighted by Crippen LogP contribution is -2.38. The van der Waals surface area contributed by atoms with E-state index in [1.807, 2.05) is 4.90 Å². The molecule has 3 aromatic heterocycles. The number of fused-ring (bicyclic) bond motifs is 2. The fourth-order valence-electron chi connectivity index (χ4n) is 3.99. The van der Waals surface area contributed by atoms with Crippen molar-refractivity contribution in [3.8, 4) is 17.1 Å². The second kappa shape index (κ2) is 7.92. The quantitative estimate of drug-likeness (QED) is 0.442. The third-order valence-corrected chi connectivity index (χ3v) is 5.52. The predicted octanol–water partition coefficient (Wildman–Crippen LogP) is 4.14. The minimum atomic E-state index is -4.62. The topological polar surface area (TPSA) is 97.6 Å². The van der Waals surface area contributed by atoms with E-state index in [1.54, 1.807) is 32.9 Å². The van der Waals surface area contributed by atoms with Gasteiger partial charge in [-0.1, -0.05) is 0 Å². The molecule has 1 unspecified atom stereocenters. The highest BCUT2D eigenvalue weighted by atomic mass is 19.4. The van der Waals surface area contributed by atoms with Crippen LogP contribution in [0.1, 0.15) is 38.5 Å². The van der Waals surface area contributed by atoms with E-state index in [0.29, 0.717) is 34.7 Å². The monoisotopic (exact) mass is 476 g/mol. The lowest BCUT2D eigenvalue weighted by atomic mass is 10.1. The van der Waals surface area contributed by atoms with Crippen LogP contribution in [0.4, 0.5) is 23.4 Å². The van der Waals surface area contributed by atoms with Crippen LogP contribution in [0.15, 0.2) is 24.5 Å². The zero-order chi connectivity index (χ0) is 24.2. The van der Waals surface area contributed by atoms with Crippen molar-refractivity contribution < 1.29 is 22.3 Å². The lowest BCUT2D eigenvalue weighted by Gasteiger charge is -2.33. The first-order valence-electron chi connectivity index (χ1n) is 10.6. The molecule has 0 fully saturated rings. The van der Waals surface area contributed by atoms with E-state index in [2.05, 4.69) is 30.2 Å². The van der Waals surface area contributed by atoms with Crippen molar-refractivity contribution in [3.05, 3.63) is 42.0 Å². The second-order valence-corrected chi connectivity index (χ2v) is 8.21. The van der Waals surface area contributed by atoms with Crippen LogP contribution in [0.2, 0.25) is 0 Å². The van der Waals surface area contributed by atoms with Gasteiger partial charge in [0.15, 0.2) is 11.6 Å². The molecule has 0 bridgehead atoms. The molecule has 1 N–H and O–H groups in total. The first-order chi connectivity index (χ1) is 16.1. The van der Waals surface area contributed by atoms with Crippen molar-refractivity contribution in [3.63, 3.8) is 0 Å². The van der Waals surface area contributed by atoms with Gasteiger partial charge < -0.3 is 9.64 Å². The van der Waals surface area contributed by atoms with E-state index in [1.165, 1.54) is 17.1 Å². The number of aromatic nitrogens is 7. The number of hydrogen-bond acceptors (Lipinski definition) is 7. The molecule has 0 radical (unpaired) electrons. The molecule has 0 saturated carbocycles. The standard InChI is InChI=1S/C21H20F4N8O/c1-10(2)34-16-6-12-14(7-13(16)22)29-30-18(12)15-8-17(27-9-26-15)32-4-5-33-19(11(32)3)28-20(31-33)21(23,24)25/h6-11H,4-5H2,1-3H3,(H,29,30). The molecule has 9 nitrogen and oxygen atoms in total. The van der Waals surface area contributed by atoms with Crippen molar-refractivity contribution >= 4 is 16.7 Å². The first-order valence-corrected chi connectivity index (χ1v) is 10.6. The molecule has 1 aliphatic rings. The Kier molecular flexibility index (Phi) is 5.14. The molecular formula is C21H20F4N8O. The average molecular weight is 476 g/mol. The normalized spacial score (nSPS) is 16.4. The number of halogens is 4. The van der Waals surface area contributed by atoms with Crippen molar-refractivity contribution in [2.75, 3.05) is 11.4 Å². The summed E-state index contributed by atoms with van der Waals surface area (Å²) in [4.78, 5) is 14.2. The minimum absolute atomic E-state index is 0.101. The van der Waals surface area contributed by atoms with Gasteiger partial charge in [0.1, 0.15) is 23.7 Å². The number of rotatable bonds is 4. The summed E-state index contributed by atoms with van der Waals surface area (Å²) in [6.07, 6.45) is -3.48. The number of nitrogens with one attached hydrogen (secondary N) is 1. The minimum Gasteiger partial charge on any atom is -0.488 e. The number of hydrogen-bond donors (Lipinski definition) is 1. The molecule has 4 heterocycles. The van der Waals surface area contributed by atoms with Gasteiger partial charge in [-0.2, -0.15) is 18.3 Å². The third-order valence-electron chi connectivity index (χ3n) is 5.52. The molecule has 1 aliphatic heterocycles. The predicted molar refractivity (Wildman–Crippen MR) is 114 cm³/mol. The summed E-state index contributed by atoms with van der Waals surface area (Å²) in [5.74, 6) is -0.866. The van der Waals surface area contributed by atoms with Crippen LogP contribution in [-0.2, 0) is 12.7 Å². The molecule has 0 spiro atoms. The molecule has 0 saturated heterocycles. The number of H-pyrrole nitrogens is 1. The molecule has 0 amide bonds. The first kappa shape index (κ1) is 22.0. The van der Waals surface area contributed by atoms with Crippen molar-refractivity contribution in [1.82, 2.24) is 34.9 Å². The van der Waals surface area contributed by atoms with Gasteiger partial charge in [-0.05, 0) is 26.8 Å². The molecule has 1 aromatic carbocycles. The largest absolute Gasteiger partial charge is 0.488 e. The molecular weight excluding hydrogens is 456 g/mol. The summed E-state index contributed by atoms with van der Waals surface area (Å²) in [5, 5.41) is 11.3. The van der Waals surface area contributed by atoms with Crippen molar-refractivity contribution in [2.24, 2.45) is 0 Å². The van der Waals surface area contributed by atoms with Gasteiger partial charge in [0, 0.05) is 24.1 Å². The Hall–Kier alpha value is -3.77. The second-order valence-electron chi connectivity index (χ2n) is 8.21. The number of nitrogens with zero attached hydrogens (tertiary/aromatic N) is 7. The number of ether oxygens (including phenoxy) is 1. The Morgan fingerprint density at radius 2 is 1.94 bits per heavy atom. The van der Waals surface area contributed by atoms with E-state index in [9.17, 15) is 17.6 Å². The molecule has 4 aromatic rings. The smallest absolute Gasteiger partial charge is 0.453 e. The molecule has 13 heteroatoms. The maximum Gasteiger partial charge on any atom is 0.453 e. The summed E-state index contributed by atoms with van der Waals surface area (Å²) >= 11 is 0. The number of aromatic amines is 1. The molecule has 0 aliphatic carbocycles. The molecule has 1 atom stereocenters. The number of benzene rings is 1. The summed E-state index contributed by atoms with van der Waals surface area (Å²) in [5.41, 5.74) is 1.41. The fourth-order valence-corrected chi connectivity index (χ4v) is 3.99. The van der Waals surface area contributed by atoms with E-state index in [0.717, 1.165) is 0 Å². The summed E-state index contributed by atoms with van der Waals surface area (Å²) in [6, 6.07) is 4.06. The van der Waals surface area contributed by atoms with E-state index < -0.39 is 23.9 Å². The van der Waals surface area contributed by atoms with E-state index in [4.69, 9.17) is 4.74 Å². The van der Waals surface area contributed by atoms with Gasteiger partial charge in [0.05, 0.1) is 29.9 Å². The maximum atomic E-state index is 14.3. The average Bonchev–Trinajstić information content (AvgIpc) is 3.39. The Morgan fingerprint density at radius 1 is 1.15 bits per heavy atom. The van der Waals surface area contributed by atoms with Gasteiger partial charge in [0.2, 0.25) is 0 Å². The highest BCUT2D eigenvalue weighted by Crippen LogP contribution is 2.35. The molecule has 5 rings (SSSR count). The van der Waals surface area contributed by atoms with Gasteiger partial charge >= 0.3 is 6.18 Å². The van der Waals surface area contributed by atoms with Crippen LogP contribution in [-0.4, -0.2) is 47.6 Å². The van der Waals surface area contributed by atoms with Gasteiger partial charge in [-0.3, -0.25) is 5.10 Å². The highest BCUT2D eigenvalue weighted by molar-refractivity contribution is 5.93. The maximum absolute atomic E-state index is 14.3. The van der Waals surface area contributed by atoms with Crippen LogP contribution < -0.4 is 9.64 Å². The van der Waals surface area contributed by atoms with Crippen molar-refractivity contribution in [1.29, 1.82) is 0 Å². The van der Waals surface area contributed by atoms with E-state index in [-0.39, 0.29) is 24.2 Å². The summed E-state index contributed by atoms with van der Waals surface area (Å²) < 4.78 is 60.4.